The van der Waals surface area contributed by atoms with Crippen molar-refractivity contribution in [1.82, 2.24) is 0 Å². The number of benzene rings is 1. The summed E-state index contributed by atoms with van der Waals surface area (Å²) in [5, 5.41) is 9.00. The molecule has 0 spiro atoms. The van der Waals surface area contributed by atoms with Gasteiger partial charge in [-0.05, 0) is 24.0 Å². The minimum absolute atomic E-state index is 0.329. The Balaban J connectivity index is 2.49. The van der Waals surface area contributed by atoms with Crippen molar-refractivity contribution in [3.8, 4) is 0 Å². The molecule has 1 aromatic carbocycles. The second-order valence-electron chi connectivity index (χ2n) is 4.37. The van der Waals surface area contributed by atoms with Gasteiger partial charge in [0.1, 0.15) is 0 Å². The van der Waals surface area contributed by atoms with Crippen molar-refractivity contribution < 1.29 is 14.6 Å². The smallest absolute Gasteiger partial charge is 0.336 e. The summed E-state index contributed by atoms with van der Waals surface area (Å²) < 4.78 is 5.56. The van der Waals surface area contributed by atoms with Crippen LogP contribution in [-0.4, -0.2) is 17.7 Å². The van der Waals surface area contributed by atoms with Crippen LogP contribution in [0.15, 0.2) is 24.3 Å². The zero-order valence-electron chi connectivity index (χ0n) is 10.5. The zero-order valence-corrected chi connectivity index (χ0v) is 10.5. The fourth-order valence-corrected chi connectivity index (χ4v) is 1.80. The maximum absolute atomic E-state index is 11.0. The Kier molecular flexibility index (Phi) is 5.70. The third kappa shape index (κ3) is 4.57. The molecule has 0 fully saturated rings. The summed E-state index contributed by atoms with van der Waals surface area (Å²) in [6.07, 6.45) is 2.29. The number of hydrogen-bond donors (Lipinski definition) is 1. The van der Waals surface area contributed by atoms with Crippen LogP contribution in [0, 0.1) is 5.92 Å². The molecule has 1 N–H and O–H groups in total. The minimum Gasteiger partial charge on any atom is -0.478 e. The molecule has 0 aliphatic rings. The van der Waals surface area contributed by atoms with Gasteiger partial charge < -0.3 is 9.84 Å². The Bertz CT molecular complexity index is 360. The first-order chi connectivity index (χ1) is 8.15. The topological polar surface area (TPSA) is 46.5 Å². The maximum atomic E-state index is 11.0. The SMILES string of the molecule is CCCC(C)COCc1ccccc1C(=O)O. The summed E-state index contributed by atoms with van der Waals surface area (Å²) in [6, 6.07) is 6.97. The summed E-state index contributed by atoms with van der Waals surface area (Å²) >= 11 is 0. The Hall–Kier alpha value is -1.35. The average molecular weight is 236 g/mol. The fraction of sp³-hybridized carbons (Fsp3) is 0.500. The van der Waals surface area contributed by atoms with Crippen molar-refractivity contribution in [2.75, 3.05) is 6.61 Å². The van der Waals surface area contributed by atoms with Gasteiger partial charge in [0.2, 0.25) is 0 Å². The normalized spacial score (nSPS) is 12.4. The number of rotatable bonds is 7. The van der Waals surface area contributed by atoms with E-state index in [0.717, 1.165) is 18.4 Å². The van der Waals surface area contributed by atoms with Gasteiger partial charge in [-0.2, -0.15) is 0 Å². The maximum Gasteiger partial charge on any atom is 0.336 e. The van der Waals surface area contributed by atoms with Gasteiger partial charge in [-0.15, -0.1) is 0 Å². The predicted octanol–water partition coefficient (Wildman–Crippen LogP) is 3.34. The summed E-state index contributed by atoms with van der Waals surface area (Å²) in [4.78, 5) is 11.0. The van der Waals surface area contributed by atoms with Gasteiger partial charge in [-0.25, -0.2) is 4.79 Å². The van der Waals surface area contributed by atoms with Crippen LogP contribution in [0.2, 0.25) is 0 Å². The molecule has 3 heteroatoms. The molecule has 0 aliphatic carbocycles. The van der Waals surface area contributed by atoms with Gasteiger partial charge in [-0.3, -0.25) is 0 Å². The van der Waals surface area contributed by atoms with E-state index >= 15 is 0 Å². The zero-order chi connectivity index (χ0) is 12.7. The second kappa shape index (κ2) is 7.07. The molecule has 0 heterocycles. The van der Waals surface area contributed by atoms with Gasteiger partial charge in [0.05, 0.1) is 12.2 Å². The summed E-state index contributed by atoms with van der Waals surface area (Å²) in [5.41, 5.74) is 1.07. The lowest BCUT2D eigenvalue weighted by molar-refractivity contribution is 0.0677. The van der Waals surface area contributed by atoms with Crippen LogP contribution in [0.3, 0.4) is 0 Å². The quantitative estimate of drug-likeness (QED) is 0.789. The first-order valence-corrected chi connectivity index (χ1v) is 6.04. The molecule has 0 saturated heterocycles. The largest absolute Gasteiger partial charge is 0.478 e. The number of hydrogen-bond acceptors (Lipinski definition) is 2. The number of ether oxygens (including phenoxy) is 1. The lowest BCUT2D eigenvalue weighted by atomic mass is 10.1. The van der Waals surface area contributed by atoms with E-state index in [1.54, 1.807) is 18.2 Å². The Morgan fingerprint density at radius 2 is 2.12 bits per heavy atom. The lowest BCUT2D eigenvalue weighted by Gasteiger charge is -2.11. The van der Waals surface area contributed by atoms with Gasteiger partial charge in [0.25, 0.3) is 0 Å². The number of aromatic carboxylic acids is 1. The average Bonchev–Trinajstić information content (AvgIpc) is 2.30. The van der Waals surface area contributed by atoms with Gasteiger partial charge in [-0.1, -0.05) is 38.5 Å². The van der Waals surface area contributed by atoms with Crippen LogP contribution in [0.5, 0.6) is 0 Å². The molecule has 1 atom stereocenters. The van der Waals surface area contributed by atoms with Crippen LogP contribution >= 0.6 is 0 Å². The van der Waals surface area contributed by atoms with Crippen LogP contribution in [-0.2, 0) is 11.3 Å². The minimum atomic E-state index is -0.897. The van der Waals surface area contributed by atoms with Gasteiger partial charge in [0, 0.05) is 6.61 Å². The Morgan fingerprint density at radius 1 is 1.41 bits per heavy atom. The summed E-state index contributed by atoms with van der Waals surface area (Å²) in [6.45, 7) is 5.35. The highest BCUT2D eigenvalue weighted by Gasteiger charge is 2.09. The molecule has 0 saturated carbocycles. The molecule has 1 aromatic rings. The molecule has 1 rings (SSSR count). The summed E-state index contributed by atoms with van der Waals surface area (Å²) in [7, 11) is 0. The van der Waals surface area contributed by atoms with Crippen molar-refractivity contribution in [2.24, 2.45) is 5.92 Å². The molecule has 1 unspecified atom stereocenters. The highest BCUT2D eigenvalue weighted by atomic mass is 16.5. The summed E-state index contributed by atoms with van der Waals surface area (Å²) in [5.74, 6) is -0.372. The van der Waals surface area contributed by atoms with E-state index < -0.39 is 5.97 Å². The Morgan fingerprint density at radius 3 is 2.76 bits per heavy atom. The standard InChI is InChI=1S/C14H20O3/c1-3-6-11(2)9-17-10-12-7-4-5-8-13(12)14(15)16/h4-5,7-8,11H,3,6,9-10H2,1-2H3,(H,15,16). The van der Waals surface area contributed by atoms with E-state index in [4.69, 9.17) is 9.84 Å². The van der Waals surface area contributed by atoms with E-state index in [-0.39, 0.29) is 0 Å². The van der Waals surface area contributed by atoms with E-state index in [9.17, 15) is 4.79 Å². The fourth-order valence-electron chi connectivity index (χ4n) is 1.80. The van der Waals surface area contributed by atoms with Crippen molar-refractivity contribution >= 4 is 5.97 Å². The highest BCUT2D eigenvalue weighted by molar-refractivity contribution is 5.89. The monoisotopic (exact) mass is 236 g/mol. The molecule has 17 heavy (non-hydrogen) atoms. The van der Waals surface area contributed by atoms with E-state index in [1.807, 2.05) is 6.07 Å². The molecule has 94 valence electrons. The van der Waals surface area contributed by atoms with Gasteiger partial charge in [0.15, 0.2) is 0 Å². The predicted molar refractivity (Wildman–Crippen MR) is 67.1 cm³/mol. The molecule has 0 amide bonds. The highest BCUT2D eigenvalue weighted by Crippen LogP contribution is 2.12. The molecule has 3 nitrogen and oxygen atoms in total. The van der Waals surface area contributed by atoms with Gasteiger partial charge >= 0.3 is 5.97 Å². The van der Waals surface area contributed by atoms with Crippen molar-refractivity contribution in [3.63, 3.8) is 0 Å². The van der Waals surface area contributed by atoms with E-state index in [0.29, 0.717) is 24.7 Å². The van der Waals surface area contributed by atoms with Crippen molar-refractivity contribution in [1.29, 1.82) is 0 Å². The number of carboxylic acids is 1. The third-order valence-electron chi connectivity index (χ3n) is 2.69. The first-order valence-electron chi connectivity index (χ1n) is 6.04. The van der Waals surface area contributed by atoms with E-state index in [1.165, 1.54) is 0 Å². The van der Waals surface area contributed by atoms with Crippen LogP contribution in [0.1, 0.15) is 42.6 Å². The molecule has 0 aromatic heterocycles. The third-order valence-corrected chi connectivity index (χ3v) is 2.69. The molecular formula is C14H20O3. The molecule has 0 bridgehead atoms. The van der Waals surface area contributed by atoms with Crippen LogP contribution in [0.4, 0.5) is 0 Å². The van der Waals surface area contributed by atoms with Crippen LogP contribution < -0.4 is 0 Å². The molecule has 0 aliphatic heterocycles. The number of carboxylic acid groups (broad SMARTS) is 1. The Labute approximate surface area is 102 Å². The first kappa shape index (κ1) is 13.7. The lowest BCUT2D eigenvalue weighted by Crippen LogP contribution is -2.08. The van der Waals surface area contributed by atoms with Crippen molar-refractivity contribution in [2.45, 2.75) is 33.3 Å². The second-order valence-corrected chi connectivity index (χ2v) is 4.37. The molecule has 0 radical (unpaired) electrons. The number of carbonyl (C=O) groups is 1. The van der Waals surface area contributed by atoms with Crippen LogP contribution in [0.25, 0.3) is 0 Å². The molecular weight excluding hydrogens is 216 g/mol. The van der Waals surface area contributed by atoms with Crippen molar-refractivity contribution in [3.05, 3.63) is 35.4 Å². The van der Waals surface area contributed by atoms with E-state index in [2.05, 4.69) is 13.8 Å².